The first-order valence-electron chi connectivity index (χ1n) is 10.5. The van der Waals surface area contributed by atoms with Gasteiger partial charge in [-0.05, 0) is 68.4 Å². The Balaban J connectivity index is 1.46. The molecule has 0 aliphatic carbocycles. The quantitative estimate of drug-likeness (QED) is 0.623. The molecule has 1 atom stereocenters. The first kappa shape index (κ1) is 19.4. The van der Waals surface area contributed by atoms with Crippen LogP contribution in [0.1, 0.15) is 36.3 Å². The molecule has 2 saturated heterocycles. The SMILES string of the molecule is O=C(c1nc(-c2cccs2)n(-c2cccc(F)c2)n1)N1CCCC1CN1CCCC1. The average molecular weight is 426 g/mol. The molecule has 0 saturated carbocycles. The highest BCUT2D eigenvalue weighted by Gasteiger charge is 2.34. The average Bonchev–Trinajstić information content (AvgIpc) is 3.54. The second kappa shape index (κ2) is 8.28. The van der Waals surface area contributed by atoms with E-state index in [0.29, 0.717) is 11.5 Å². The third kappa shape index (κ3) is 3.77. The van der Waals surface area contributed by atoms with Gasteiger partial charge in [0, 0.05) is 19.1 Å². The van der Waals surface area contributed by atoms with Gasteiger partial charge in [0.1, 0.15) is 5.82 Å². The molecule has 2 aromatic heterocycles. The second-order valence-corrected chi connectivity index (χ2v) is 8.88. The summed E-state index contributed by atoms with van der Waals surface area (Å²) in [5, 5.41) is 6.48. The van der Waals surface area contributed by atoms with Crippen LogP contribution in [0.3, 0.4) is 0 Å². The molecule has 156 valence electrons. The molecule has 5 rings (SSSR count). The van der Waals surface area contributed by atoms with Crippen LogP contribution in [-0.4, -0.2) is 62.7 Å². The predicted molar refractivity (Wildman–Crippen MR) is 114 cm³/mol. The number of thiophene rings is 1. The van der Waals surface area contributed by atoms with E-state index in [1.54, 1.807) is 16.8 Å². The van der Waals surface area contributed by atoms with Crippen molar-refractivity contribution in [2.75, 3.05) is 26.2 Å². The minimum absolute atomic E-state index is 0.135. The summed E-state index contributed by atoms with van der Waals surface area (Å²) < 4.78 is 15.4. The highest BCUT2D eigenvalue weighted by molar-refractivity contribution is 7.13. The zero-order valence-electron chi connectivity index (χ0n) is 16.7. The number of amides is 1. The van der Waals surface area contributed by atoms with Crippen molar-refractivity contribution in [3.05, 3.63) is 53.4 Å². The van der Waals surface area contributed by atoms with Gasteiger partial charge in [0.15, 0.2) is 5.82 Å². The van der Waals surface area contributed by atoms with Crippen LogP contribution in [-0.2, 0) is 0 Å². The molecular weight excluding hydrogens is 401 g/mol. The molecule has 3 aromatic rings. The number of benzene rings is 1. The molecular formula is C22H24FN5OS. The minimum Gasteiger partial charge on any atom is -0.332 e. The second-order valence-electron chi connectivity index (χ2n) is 7.93. The number of rotatable bonds is 5. The monoisotopic (exact) mass is 425 g/mol. The summed E-state index contributed by atoms with van der Waals surface area (Å²) in [6.07, 6.45) is 4.51. The Kier molecular flexibility index (Phi) is 5.35. The highest BCUT2D eigenvalue weighted by atomic mass is 32.1. The van der Waals surface area contributed by atoms with Gasteiger partial charge in [-0.3, -0.25) is 4.79 Å². The van der Waals surface area contributed by atoms with Crippen LogP contribution < -0.4 is 0 Å². The summed E-state index contributed by atoms with van der Waals surface area (Å²) >= 11 is 1.52. The van der Waals surface area contributed by atoms with Crippen molar-refractivity contribution in [1.29, 1.82) is 0 Å². The Hall–Kier alpha value is -2.58. The Morgan fingerprint density at radius 2 is 2.00 bits per heavy atom. The smallest absolute Gasteiger partial charge is 0.293 e. The largest absolute Gasteiger partial charge is 0.332 e. The van der Waals surface area contributed by atoms with Crippen molar-refractivity contribution in [2.24, 2.45) is 0 Å². The van der Waals surface area contributed by atoms with Crippen LogP contribution in [0.5, 0.6) is 0 Å². The number of hydrogen-bond donors (Lipinski definition) is 0. The highest BCUT2D eigenvalue weighted by Crippen LogP contribution is 2.27. The lowest BCUT2D eigenvalue weighted by atomic mass is 10.2. The van der Waals surface area contributed by atoms with Crippen LogP contribution >= 0.6 is 11.3 Å². The van der Waals surface area contributed by atoms with Crippen molar-refractivity contribution in [3.8, 4) is 16.4 Å². The molecule has 4 heterocycles. The number of likely N-dealkylation sites (tertiary alicyclic amines) is 2. The predicted octanol–water partition coefficient (Wildman–Crippen LogP) is 3.84. The van der Waals surface area contributed by atoms with Crippen molar-refractivity contribution < 1.29 is 9.18 Å². The maximum Gasteiger partial charge on any atom is 0.293 e. The van der Waals surface area contributed by atoms with Crippen molar-refractivity contribution >= 4 is 17.2 Å². The molecule has 0 bridgehead atoms. The molecule has 0 spiro atoms. The standard InChI is InChI=1S/C22H24FN5OS/c23-16-6-3-7-17(14-16)28-21(19-9-5-13-30-19)24-20(25-28)22(29)27-12-4-8-18(27)15-26-10-1-2-11-26/h3,5-7,9,13-14,18H,1-2,4,8,10-12,15H2. The van der Waals surface area contributed by atoms with E-state index in [4.69, 9.17) is 0 Å². The van der Waals surface area contributed by atoms with E-state index >= 15 is 0 Å². The zero-order valence-corrected chi connectivity index (χ0v) is 17.5. The number of carbonyl (C=O) groups is 1. The van der Waals surface area contributed by atoms with Gasteiger partial charge >= 0.3 is 0 Å². The topological polar surface area (TPSA) is 54.3 Å². The van der Waals surface area contributed by atoms with E-state index in [1.807, 2.05) is 22.4 Å². The summed E-state index contributed by atoms with van der Waals surface area (Å²) in [4.78, 5) is 23.2. The summed E-state index contributed by atoms with van der Waals surface area (Å²) in [5.41, 5.74) is 0.556. The van der Waals surface area contributed by atoms with Crippen LogP contribution in [0.4, 0.5) is 4.39 Å². The van der Waals surface area contributed by atoms with Crippen LogP contribution in [0.15, 0.2) is 41.8 Å². The van der Waals surface area contributed by atoms with Gasteiger partial charge in [0.25, 0.3) is 5.91 Å². The molecule has 8 heteroatoms. The molecule has 2 aliphatic rings. The summed E-state index contributed by atoms with van der Waals surface area (Å²) in [5.74, 6) is 0.258. The lowest BCUT2D eigenvalue weighted by Crippen LogP contribution is -2.43. The minimum atomic E-state index is -0.349. The summed E-state index contributed by atoms with van der Waals surface area (Å²) in [7, 11) is 0. The normalized spacial score (nSPS) is 19.6. The van der Waals surface area contributed by atoms with Gasteiger partial charge in [-0.25, -0.2) is 14.1 Å². The third-order valence-electron chi connectivity index (χ3n) is 5.90. The lowest BCUT2D eigenvalue weighted by molar-refractivity contribution is 0.0696. The molecule has 2 aliphatic heterocycles. The van der Waals surface area contributed by atoms with E-state index in [-0.39, 0.29) is 23.6 Å². The molecule has 0 N–H and O–H groups in total. The molecule has 1 aromatic carbocycles. The summed E-state index contributed by atoms with van der Waals surface area (Å²) in [6.45, 7) is 3.90. The third-order valence-corrected chi connectivity index (χ3v) is 6.76. The molecule has 30 heavy (non-hydrogen) atoms. The fourth-order valence-electron chi connectivity index (χ4n) is 4.44. The van der Waals surface area contributed by atoms with E-state index in [2.05, 4.69) is 15.0 Å². The molecule has 1 unspecified atom stereocenters. The van der Waals surface area contributed by atoms with Crippen molar-refractivity contribution in [3.63, 3.8) is 0 Å². The molecule has 0 radical (unpaired) electrons. The van der Waals surface area contributed by atoms with E-state index in [1.165, 1.54) is 36.3 Å². The van der Waals surface area contributed by atoms with Gasteiger partial charge in [0.05, 0.1) is 10.6 Å². The van der Waals surface area contributed by atoms with E-state index in [0.717, 1.165) is 43.9 Å². The number of hydrogen-bond acceptors (Lipinski definition) is 5. The fourth-order valence-corrected chi connectivity index (χ4v) is 5.14. The first-order chi connectivity index (χ1) is 14.7. The number of nitrogens with zero attached hydrogens (tertiary/aromatic N) is 5. The van der Waals surface area contributed by atoms with Gasteiger partial charge in [-0.2, -0.15) is 0 Å². The van der Waals surface area contributed by atoms with Crippen LogP contribution in [0, 0.1) is 5.82 Å². The van der Waals surface area contributed by atoms with Gasteiger partial charge in [-0.15, -0.1) is 16.4 Å². The fraction of sp³-hybridized carbons (Fsp3) is 0.409. The van der Waals surface area contributed by atoms with E-state index < -0.39 is 0 Å². The molecule has 1 amide bonds. The van der Waals surface area contributed by atoms with E-state index in [9.17, 15) is 9.18 Å². The maximum absolute atomic E-state index is 13.8. The van der Waals surface area contributed by atoms with Crippen LogP contribution in [0.25, 0.3) is 16.4 Å². The lowest BCUT2D eigenvalue weighted by Gasteiger charge is -2.27. The zero-order chi connectivity index (χ0) is 20.5. The number of carbonyl (C=O) groups excluding carboxylic acids is 1. The Morgan fingerprint density at radius 3 is 2.77 bits per heavy atom. The Morgan fingerprint density at radius 1 is 1.13 bits per heavy atom. The maximum atomic E-state index is 13.8. The number of aromatic nitrogens is 3. The van der Waals surface area contributed by atoms with Gasteiger partial charge in [-0.1, -0.05) is 12.1 Å². The Bertz CT molecular complexity index is 1030. The number of halogens is 1. The first-order valence-corrected chi connectivity index (χ1v) is 11.4. The summed E-state index contributed by atoms with van der Waals surface area (Å²) in [6, 6.07) is 10.3. The molecule has 2 fully saturated rings. The van der Waals surface area contributed by atoms with Crippen LogP contribution in [0.2, 0.25) is 0 Å². The van der Waals surface area contributed by atoms with Crippen molar-refractivity contribution in [2.45, 2.75) is 31.7 Å². The molecule has 6 nitrogen and oxygen atoms in total. The van der Waals surface area contributed by atoms with Crippen molar-refractivity contribution in [1.82, 2.24) is 24.6 Å². The van der Waals surface area contributed by atoms with Gasteiger partial charge in [0.2, 0.25) is 5.82 Å². The Labute approximate surface area is 178 Å². The van der Waals surface area contributed by atoms with Gasteiger partial charge < -0.3 is 9.80 Å².